The molecule has 0 aliphatic rings. The Labute approximate surface area is 159 Å². The predicted molar refractivity (Wildman–Crippen MR) is 108 cm³/mol. The largest absolute Gasteiger partial charge is 0.354 e. The zero-order valence-electron chi connectivity index (χ0n) is 13.2. The molecule has 0 bridgehead atoms. The van der Waals surface area contributed by atoms with Gasteiger partial charge in [-0.1, -0.05) is 60.7 Å². The van der Waals surface area contributed by atoms with E-state index in [1.54, 1.807) is 24.3 Å². The van der Waals surface area contributed by atoms with Crippen molar-refractivity contribution in [3.8, 4) is 0 Å². The van der Waals surface area contributed by atoms with E-state index in [0.717, 1.165) is 14.8 Å². The summed E-state index contributed by atoms with van der Waals surface area (Å²) in [5, 5.41) is 3.26. The Morgan fingerprint density at radius 3 is 2.08 bits per heavy atom. The van der Waals surface area contributed by atoms with Crippen LogP contribution in [0.25, 0.3) is 5.70 Å². The number of halogens is 2. The van der Waals surface area contributed by atoms with Crippen LogP contribution < -0.4 is 5.32 Å². The Balaban J connectivity index is 1.98. The molecule has 0 saturated heterocycles. The summed E-state index contributed by atoms with van der Waals surface area (Å²) >= 11 is 2.07. The maximum Gasteiger partial charge on any atom is 0.187 e. The van der Waals surface area contributed by atoms with Gasteiger partial charge in [0, 0.05) is 20.9 Å². The predicted octanol–water partition coefficient (Wildman–Crippen LogP) is 5.77. The van der Waals surface area contributed by atoms with Crippen LogP contribution in [0.1, 0.15) is 15.9 Å². The van der Waals surface area contributed by atoms with Gasteiger partial charge in [-0.3, -0.25) is 4.79 Å². The van der Waals surface area contributed by atoms with E-state index in [1.165, 1.54) is 12.1 Å². The van der Waals surface area contributed by atoms with Crippen LogP contribution in [0, 0.1) is 9.39 Å². The second-order valence-corrected chi connectivity index (χ2v) is 6.57. The van der Waals surface area contributed by atoms with E-state index in [1.807, 2.05) is 48.5 Å². The van der Waals surface area contributed by atoms with Crippen molar-refractivity contribution in [2.75, 3.05) is 5.32 Å². The smallest absolute Gasteiger partial charge is 0.187 e. The van der Waals surface area contributed by atoms with Crippen molar-refractivity contribution >= 4 is 39.8 Å². The summed E-state index contributed by atoms with van der Waals surface area (Å²) in [5.74, 6) is -0.385. The molecule has 0 spiro atoms. The maximum absolute atomic E-state index is 13.3. The zero-order chi connectivity index (χ0) is 17.6. The second-order valence-electron chi connectivity index (χ2n) is 5.40. The quantitative estimate of drug-likeness (QED) is 0.309. The van der Waals surface area contributed by atoms with E-state index < -0.39 is 0 Å². The van der Waals surface area contributed by atoms with E-state index >= 15 is 0 Å². The first-order valence-corrected chi connectivity index (χ1v) is 8.80. The van der Waals surface area contributed by atoms with Gasteiger partial charge in [-0.25, -0.2) is 4.39 Å². The van der Waals surface area contributed by atoms with E-state index in [4.69, 9.17) is 0 Å². The van der Waals surface area contributed by atoms with Gasteiger partial charge in [-0.2, -0.15) is 0 Å². The third-order valence-corrected chi connectivity index (χ3v) is 4.51. The number of carbonyl (C=O) groups is 1. The van der Waals surface area contributed by atoms with Gasteiger partial charge in [-0.15, -0.1) is 0 Å². The van der Waals surface area contributed by atoms with Crippen molar-refractivity contribution in [3.63, 3.8) is 0 Å². The Morgan fingerprint density at radius 2 is 1.48 bits per heavy atom. The van der Waals surface area contributed by atoms with Gasteiger partial charge in [0.05, 0.1) is 5.69 Å². The van der Waals surface area contributed by atoms with Crippen molar-refractivity contribution in [1.82, 2.24) is 0 Å². The average Bonchev–Trinajstić information content (AvgIpc) is 2.64. The summed E-state index contributed by atoms with van der Waals surface area (Å²) in [6, 6.07) is 23.2. The molecule has 1 N–H and O–H groups in total. The Bertz CT molecular complexity index is 908. The number of rotatable bonds is 5. The fourth-order valence-corrected chi connectivity index (χ4v) is 2.97. The fraction of sp³-hybridized carbons (Fsp3) is 0. The Morgan fingerprint density at radius 1 is 0.880 bits per heavy atom. The Kier molecular flexibility index (Phi) is 5.60. The molecule has 0 aromatic heterocycles. The number of carbonyl (C=O) groups excluding carboxylic acids is 1. The topological polar surface area (TPSA) is 29.1 Å². The summed E-state index contributed by atoms with van der Waals surface area (Å²) in [4.78, 5) is 12.6. The molecule has 0 amide bonds. The lowest BCUT2D eigenvalue weighted by atomic mass is 10.1. The molecule has 124 valence electrons. The van der Waals surface area contributed by atoms with Crippen LogP contribution in [0.3, 0.4) is 0 Å². The van der Waals surface area contributed by atoms with E-state index in [-0.39, 0.29) is 11.6 Å². The van der Waals surface area contributed by atoms with Crippen molar-refractivity contribution in [1.29, 1.82) is 0 Å². The number of hydrogen-bond acceptors (Lipinski definition) is 2. The van der Waals surface area contributed by atoms with Crippen molar-refractivity contribution in [3.05, 3.63) is 105 Å². The highest BCUT2D eigenvalue weighted by Crippen LogP contribution is 2.24. The SMILES string of the molecule is O=C(/C=C(/Nc1ccc(F)cc1I)c1ccccc1)c1ccccc1. The van der Waals surface area contributed by atoms with Gasteiger partial charge < -0.3 is 5.32 Å². The first kappa shape index (κ1) is 17.4. The van der Waals surface area contributed by atoms with Gasteiger partial charge in [-0.05, 0) is 46.4 Å². The molecule has 0 saturated carbocycles. The number of anilines is 1. The molecule has 25 heavy (non-hydrogen) atoms. The molecule has 0 fully saturated rings. The van der Waals surface area contributed by atoms with E-state index in [9.17, 15) is 9.18 Å². The highest BCUT2D eigenvalue weighted by Gasteiger charge is 2.09. The van der Waals surface area contributed by atoms with Crippen molar-refractivity contribution in [2.24, 2.45) is 0 Å². The zero-order valence-corrected chi connectivity index (χ0v) is 15.4. The minimum Gasteiger partial charge on any atom is -0.354 e. The van der Waals surface area contributed by atoms with E-state index in [0.29, 0.717) is 11.3 Å². The monoisotopic (exact) mass is 443 g/mol. The molecule has 0 unspecified atom stereocenters. The molecule has 0 aliphatic heterocycles. The summed E-state index contributed by atoms with van der Waals surface area (Å²) in [6.07, 6.45) is 1.57. The fourth-order valence-electron chi connectivity index (χ4n) is 2.36. The lowest BCUT2D eigenvalue weighted by Gasteiger charge is -2.13. The van der Waals surface area contributed by atoms with Crippen LogP contribution in [0.15, 0.2) is 84.9 Å². The summed E-state index contributed by atoms with van der Waals surface area (Å²) in [5.41, 5.74) is 2.91. The number of hydrogen-bond donors (Lipinski definition) is 1. The second kappa shape index (κ2) is 8.07. The molecule has 3 rings (SSSR count). The molecule has 4 heteroatoms. The highest BCUT2D eigenvalue weighted by atomic mass is 127. The van der Waals surface area contributed by atoms with E-state index in [2.05, 4.69) is 27.9 Å². The van der Waals surface area contributed by atoms with Gasteiger partial charge in [0.15, 0.2) is 5.78 Å². The van der Waals surface area contributed by atoms with Gasteiger partial charge in [0.1, 0.15) is 5.82 Å². The minimum absolute atomic E-state index is 0.0935. The Hall–Kier alpha value is -2.47. The maximum atomic E-state index is 13.3. The number of ketones is 1. The molecule has 3 aromatic carbocycles. The van der Waals surface area contributed by atoms with Crippen LogP contribution >= 0.6 is 22.6 Å². The molecule has 0 aliphatic carbocycles. The first-order valence-electron chi connectivity index (χ1n) is 7.72. The molecule has 2 nitrogen and oxygen atoms in total. The molecular formula is C21H15FINO. The normalized spacial score (nSPS) is 11.2. The summed E-state index contributed by atoms with van der Waals surface area (Å²) in [7, 11) is 0. The molecule has 0 atom stereocenters. The van der Waals surface area contributed by atoms with Crippen molar-refractivity contribution in [2.45, 2.75) is 0 Å². The van der Waals surface area contributed by atoms with Crippen LogP contribution in [0.4, 0.5) is 10.1 Å². The first-order chi connectivity index (χ1) is 12.1. The van der Waals surface area contributed by atoms with Crippen LogP contribution in [-0.4, -0.2) is 5.78 Å². The molecule has 0 heterocycles. The third kappa shape index (κ3) is 4.54. The molecule has 3 aromatic rings. The van der Waals surface area contributed by atoms with Crippen LogP contribution in [0.2, 0.25) is 0 Å². The minimum atomic E-state index is -0.291. The van der Waals surface area contributed by atoms with Crippen molar-refractivity contribution < 1.29 is 9.18 Å². The lowest BCUT2D eigenvalue weighted by Crippen LogP contribution is -2.04. The van der Waals surface area contributed by atoms with Gasteiger partial charge in [0.2, 0.25) is 0 Å². The summed E-state index contributed by atoms with van der Waals surface area (Å²) in [6.45, 7) is 0. The van der Waals surface area contributed by atoms with Crippen LogP contribution in [-0.2, 0) is 0 Å². The van der Waals surface area contributed by atoms with Crippen LogP contribution in [0.5, 0.6) is 0 Å². The third-order valence-electron chi connectivity index (χ3n) is 3.62. The average molecular weight is 443 g/mol. The summed E-state index contributed by atoms with van der Waals surface area (Å²) < 4.78 is 14.1. The molecule has 0 radical (unpaired) electrons. The standard InChI is InChI=1S/C21H15FINO/c22-17-11-12-19(18(23)13-17)24-20(15-7-3-1-4-8-15)14-21(25)16-9-5-2-6-10-16/h1-14,24H/b20-14+. The lowest BCUT2D eigenvalue weighted by molar-refractivity contribution is 0.104. The van der Waals surface area contributed by atoms with Gasteiger partial charge in [0.25, 0.3) is 0 Å². The highest BCUT2D eigenvalue weighted by molar-refractivity contribution is 14.1. The molecular weight excluding hydrogens is 428 g/mol. The number of nitrogens with one attached hydrogen (secondary N) is 1. The van der Waals surface area contributed by atoms with Gasteiger partial charge >= 0.3 is 0 Å². The number of allylic oxidation sites excluding steroid dienone is 1. The number of benzene rings is 3.